The Kier molecular flexibility index (Phi) is 3.71. The van der Waals surface area contributed by atoms with Gasteiger partial charge in [-0.3, -0.25) is 4.79 Å². The van der Waals surface area contributed by atoms with Gasteiger partial charge in [-0.1, -0.05) is 12.1 Å². The van der Waals surface area contributed by atoms with E-state index in [-0.39, 0.29) is 17.9 Å². The van der Waals surface area contributed by atoms with Crippen molar-refractivity contribution in [2.75, 3.05) is 6.54 Å². The van der Waals surface area contributed by atoms with Crippen LogP contribution in [0.4, 0.5) is 0 Å². The zero-order valence-electron chi connectivity index (χ0n) is 11.4. The molecule has 2 rings (SSSR count). The number of piperidine rings is 1. The Morgan fingerprint density at radius 1 is 1.22 bits per heavy atom. The van der Waals surface area contributed by atoms with Crippen molar-refractivity contribution in [2.45, 2.75) is 39.7 Å². The van der Waals surface area contributed by atoms with Crippen LogP contribution >= 0.6 is 0 Å². The third-order valence-corrected chi connectivity index (χ3v) is 4.04. The van der Waals surface area contributed by atoms with E-state index >= 15 is 0 Å². The van der Waals surface area contributed by atoms with E-state index in [9.17, 15) is 4.79 Å². The Labute approximate surface area is 109 Å². The molecule has 1 heterocycles. The van der Waals surface area contributed by atoms with Gasteiger partial charge in [-0.05, 0) is 62.4 Å². The van der Waals surface area contributed by atoms with Crippen molar-refractivity contribution >= 4 is 5.91 Å². The van der Waals surface area contributed by atoms with Crippen LogP contribution in [0, 0.1) is 26.7 Å². The molecule has 98 valence electrons. The molecule has 0 spiro atoms. The van der Waals surface area contributed by atoms with Gasteiger partial charge in [0.1, 0.15) is 0 Å². The zero-order chi connectivity index (χ0) is 13.3. The number of nitrogens with one attached hydrogen (secondary N) is 1. The molecule has 2 atom stereocenters. The fourth-order valence-corrected chi connectivity index (χ4v) is 2.84. The molecule has 1 saturated heterocycles. The first kappa shape index (κ1) is 13.1. The number of rotatable bonds is 2. The number of primary amides is 1. The predicted molar refractivity (Wildman–Crippen MR) is 73.3 cm³/mol. The third-order valence-electron chi connectivity index (χ3n) is 4.04. The molecular formula is C15H22N2O. The van der Waals surface area contributed by atoms with Gasteiger partial charge in [0.2, 0.25) is 5.91 Å². The van der Waals surface area contributed by atoms with Crippen LogP contribution in [0.25, 0.3) is 0 Å². The summed E-state index contributed by atoms with van der Waals surface area (Å²) < 4.78 is 0. The second-order valence-electron chi connectivity index (χ2n) is 5.38. The van der Waals surface area contributed by atoms with Gasteiger partial charge in [0.05, 0.1) is 5.92 Å². The monoisotopic (exact) mass is 246 g/mol. The van der Waals surface area contributed by atoms with Crippen molar-refractivity contribution in [1.29, 1.82) is 0 Å². The summed E-state index contributed by atoms with van der Waals surface area (Å²) in [6.45, 7) is 7.29. The second-order valence-corrected chi connectivity index (χ2v) is 5.38. The van der Waals surface area contributed by atoms with E-state index in [4.69, 9.17) is 5.73 Å². The summed E-state index contributed by atoms with van der Waals surface area (Å²) in [6.07, 6.45) is 1.91. The average molecular weight is 246 g/mol. The second kappa shape index (κ2) is 5.11. The molecule has 3 nitrogen and oxygen atoms in total. The minimum absolute atomic E-state index is 0.0792. The third kappa shape index (κ3) is 2.41. The van der Waals surface area contributed by atoms with Crippen LogP contribution in [-0.2, 0) is 4.79 Å². The molecule has 0 aliphatic carbocycles. The molecule has 1 aliphatic heterocycles. The minimum atomic E-state index is -0.190. The minimum Gasteiger partial charge on any atom is -0.369 e. The number of hydrogen-bond donors (Lipinski definition) is 2. The van der Waals surface area contributed by atoms with Gasteiger partial charge in [-0.25, -0.2) is 0 Å². The van der Waals surface area contributed by atoms with E-state index in [1.807, 2.05) is 0 Å². The zero-order valence-corrected chi connectivity index (χ0v) is 11.4. The van der Waals surface area contributed by atoms with Crippen LogP contribution in [0.5, 0.6) is 0 Å². The Morgan fingerprint density at radius 3 is 2.56 bits per heavy atom. The van der Waals surface area contributed by atoms with Crippen LogP contribution < -0.4 is 11.1 Å². The number of carbonyl (C=O) groups is 1. The van der Waals surface area contributed by atoms with Gasteiger partial charge < -0.3 is 11.1 Å². The number of benzene rings is 1. The summed E-state index contributed by atoms with van der Waals surface area (Å²) in [5.41, 5.74) is 10.6. The molecule has 0 saturated carbocycles. The van der Waals surface area contributed by atoms with E-state index in [0.29, 0.717) is 0 Å². The highest BCUT2D eigenvalue weighted by molar-refractivity contribution is 5.78. The highest BCUT2D eigenvalue weighted by Crippen LogP contribution is 2.32. The quantitative estimate of drug-likeness (QED) is 0.840. The van der Waals surface area contributed by atoms with Crippen molar-refractivity contribution < 1.29 is 4.79 Å². The smallest absolute Gasteiger partial charge is 0.222 e. The van der Waals surface area contributed by atoms with E-state index in [0.717, 1.165) is 19.4 Å². The summed E-state index contributed by atoms with van der Waals surface area (Å²) in [7, 11) is 0. The fraction of sp³-hybridized carbons (Fsp3) is 0.533. The maximum Gasteiger partial charge on any atom is 0.222 e. The SMILES string of the molecule is Cc1cc(C)c(C2NCCCC2C(N)=O)cc1C. The molecule has 1 amide bonds. The summed E-state index contributed by atoms with van der Waals surface area (Å²) in [5.74, 6) is -0.274. The molecule has 1 aromatic carbocycles. The summed E-state index contributed by atoms with van der Waals surface area (Å²) in [5, 5.41) is 3.45. The van der Waals surface area contributed by atoms with E-state index < -0.39 is 0 Å². The van der Waals surface area contributed by atoms with Crippen molar-refractivity contribution in [2.24, 2.45) is 11.7 Å². The van der Waals surface area contributed by atoms with Gasteiger partial charge in [-0.15, -0.1) is 0 Å². The van der Waals surface area contributed by atoms with Crippen molar-refractivity contribution in [3.63, 3.8) is 0 Å². The molecule has 0 bridgehead atoms. The molecule has 0 radical (unpaired) electrons. The molecule has 1 aromatic rings. The highest BCUT2D eigenvalue weighted by Gasteiger charge is 2.31. The van der Waals surface area contributed by atoms with Crippen molar-refractivity contribution in [3.05, 3.63) is 34.4 Å². The summed E-state index contributed by atoms with van der Waals surface area (Å²) in [6, 6.07) is 4.47. The van der Waals surface area contributed by atoms with E-state index in [1.54, 1.807) is 0 Å². The first-order valence-electron chi connectivity index (χ1n) is 6.61. The lowest BCUT2D eigenvalue weighted by Gasteiger charge is -2.32. The van der Waals surface area contributed by atoms with Gasteiger partial charge in [0.15, 0.2) is 0 Å². The van der Waals surface area contributed by atoms with Gasteiger partial charge in [0, 0.05) is 6.04 Å². The number of aryl methyl sites for hydroxylation is 3. The molecular weight excluding hydrogens is 224 g/mol. The Bertz CT molecular complexity index is 468. The topological polar surface area (TPSA) is 55.1 Å². The maximum absolute atomic E-state index is 11.6. The predicted octanol–water partition coefficient (Wildman–Crippen LogP) is 2.14. The van der Waals surface area contributed by atoms with Crippen LogP contribution in [0.2, 0.25) is 0 Å². The van der Waals surface area contributed by atoms with E-state index in [1.165, 1.54) is 22.3 Å². The van der Waals surface area contributed by atoms with Gasteiger partial charge in [-0.2, -0.15) is 0 Å². The van der Waals surface area contributed by atoms with Crippen LogP contribution in [0.1, 0.15) is 41.1 Å². The van der Waals surface area contributed by atoms with Crippen LogP contribution in [0.3, 0.4) is 0 Å². The molecule has 18 heavy (non-hydrogen) atoms. The largest absolute Gasteiger partial charge is 0.369 e. The maximum atomic E-state index is 11.6. The lowest BCUT2D eigenvalue weighted by molar-refractivity contribution is -0.123. The molecule has 3 N–H and O–H groups in total. The Balaban J connectivity index is 2.39. The number of carbonyl (C=O) groups excluding carboxylic acids is 1. The first-order chi connectivity index (χ1) is 8.50. The van der Waals surface area contributed by atoms with Crippen molar-refractivity contribution in [1.82, 2.24) is 5.32 Å². The number of amides is 1. The molecule has 1 fully saturated rings. The van der Waals surface area contributed by atoms with Gasteiger partial charge in [0.25, 0.3) is 0 Å². The lowest BCUT2D eigenvalue weighted by Crippen LogP contribution is -2.41. The summed E-state index contributed by atoms with van der Waals surface area (Å²) >= 11 is 0. The standard InChI is InChI=1S/C15H22N2O/c1-9-7-11(3)13(8-10(9)2)14-12(15(16)18)5-4-6-17-14/h7-8,12,14,17H,4-6H2,1-3H3,(H2,16,18). The number of nitrogens with two attached hydrogens (primary N) is 1. The molecule has 3 heteroatoms. The Hall–Kier alpha value is -1.35. The van der Waals surface area contributed by atoms with Crippen LogP contribution in [-0.4, -0.2) is 12.5 Å². The summed E-state index contributed by atoms with van der Waals surface area (Å²) in [4.78, 5) is 11.6. The molecule has 0 aromatic heterocycles. The molecule has 2 unspecified atom stereocenters. The average Bonchev–Trinajstić information content (AvgIpc) is 2.34. The highest BCUT2D eigenvalue weighted by atomic mass is 16.1. The first-order valence-corrected chi connectivity index (χ1v) is 6.61. The van der Waals surface area contributed by atoms with E-state index in [2.05, 4.69) is 38.2 Å². The lowest BCUT2D eigenvalue weighted by atomic mass is 9.83. The van der Waals surface area contributed by atoms with Crippen LogP contribution in [0.15, 0.2) is 12.1 Å². The molecule has 1 aliphatic rings. The van der Waals surface area contributed by atoms with Gasteiger partial charge >= 0.3 is 0 Å². The number of hydrogen-bond acceptors (Lipinski definition) is 2. The normalized spacial score (nSPS) is 23.9. The van der Waals surface area contributed by atoms with Crippen molar-refractivity contribution in [3.8, 4) is 0 Å². The Morgan fingerprint density at radius 2 is 1.89 bits per heavy atom. The fourth-order valence-electron chi connectivity index (χ4n) is 2.84.